The maximum Gasteiger partial charge on any atom is 0.407 e. The van der Waals surface area contributed by atoms with Crippen LogP contribution in [0.2, 0.25) is 18.1 Å². The van der Waals surface area contributed by atoms with Gasteiger partial charge in [0, 0.05) is 0 Å². The number of nitrogens with one attached hydrogen (secondary N) is 1. The second-order valence-corrected chi connectivity index (χ2v) is 13.4. The van der Waals surface area contributed by atoms with Gasteiger partial charge >= 0.3 is 6.09 Å². The Labute approximate surface area is 148 Å². The van der Waals surface area contributed by atoms with Crippen LogP contribution in [0.5, 0.6) is 0 Å². The zero-order valence-corrected chi connectivity index (χ0v) is 17.4. The normalized spacial score (nSPS) is 14.2. The van der Waals surface area contributed by atoms with E-state index in [1.165, 1.54) is 0 Å². The smallest absolute Gasteiger partial charge is 0.407 e. The van der Waals surface area contributed by atoms with Gasteiger partial charge in [0.1, 0.15) is 5.60 Å². The van der Waals surface area contributed by atoms with Gasteiger partial charge in [0.2, 0.25) is 0 Å². The molecule has 1 N–H and O–H groups in total. The highest BCUT2D eigenvalue weighted by Crippen LogP contribution is 2.39. The van der Waals surface area contributed by atoms with E-state index in [-0.39, 0.29) is 11.1 Å². The van der Waals surface area contributed by atoms with Crippen molar-refractivity contribution in [3.63, 3.8) is 0 Å². The van der Waals surface area contributed by atoms with Crippen molar-refractivity contribution in [1.82, 2.24) is 5.32 Å². The Bertz CT molecular complexity index is 530. The largest absolute Gasteiger partial charge is 0.444 e. The second kappa shape index (κ2) is 7.70. The number of carbonyl (C=O) groups is 1. The van der Waals surface area contributed by atoms with Gasteiger partial charge < -0.3 is 14.5 Å². The lowest BCUT2D eigenvalue weighted by Crippen LogP contribution is -2.44. The number of alkyl carbamates (subject to hydrolysis) is 1. The van der Waals surface area contributed by atoms with E-state index in [0.29, 0.717) is 6.54 Å². The Morgan fingerprint density at radius 1 is 1.08 bits per heavy atom. The van der Waals surface area contributed by atoms with Crippen molar-refractivity contribution in [2.75, 3.05) is 6.54 Å². The molecular weight excluding hydrogens is 318 g/mol. The van der Waals surface area contributed by atoms with E-state index in [9.17, 15) is 4.79 Å². The van der Waals surface area contributed by atoms with Crippen LogP contribution in [0.25, 0.3) is 0 Å². The molecule has 1 unspecified atom stereocenters. The molecule has 0 aliphatic rings. The van der Waals surface area contributed by atoms with Crippen LogP contribution in [0.4, 0.5) is 4.79 Å². The molecular formula is C19H33NO3Si. The Balaban J connectivity index is 2.86. The SMILES string of the molecule is CC(C)(C)OC(=O)NCC(O[Si](C)(C)C(C)(C)C)c1ccccc1. The van der Waals surface area contributed by atoms with Crippen molar-refractivity contribution in [2.45, 2.75) is 71.4 Å². The van der Waals surface area contributed by atoms with Gasteiger partial charge in [-0.05, 0) is 44.5 Å². The van der Waals surface area contributed by atoms with Crippen molar-refractivity contribution >= 4 is 14.4 Å². The van der Waals surface area contributed by atoms with E-state index in [0.717, 1.165) is 5.56 Å². The molecule has 0 aromatic heterocycles. The molecule has 0 saturated heterocycles. The summed E-state index contributed by atoms with van der Waals surface area (Å²) in [5.41, 5.74) is 0.561. The molecule has 1 aromatic carbocycles. The molecule has 1 aromatic rings. The summed E-state index contributed by atoms with van der Waals surface area (Å²) in [5, 5.41) is 2.95. The highest BCUT2D eigenvalue weighted by Gasteiger charge is 2.39. The Morgan fingerprint density at radius 2 is 1.62 bits per heavy atom. The summed E-state index contributed by atoms with van der Waals surface area (Å²) in [7, 11) is -1.96. The van der Waals surface area contributed by atoms with Crippen molar-refractivity contribution in [1.29, 1.82) is 0 Å². The topological polar surface area (TPSA) is 47.6 Å². The number of ether oxygens (including phenoxy) is 1. The van der Waals surface area contributed by atoms with Gasteiger partial charge in [-0.15, -0.1) is 0 Å². The minimum absolute atomic E-state index is 0.103. The number of hydrogen-bond donors (Lipinski definition) is 1. The lowest BCUT2D eigenvalue weighted by atomic mass is 10.1. The lowest BCUT2D eigenvalue weighted by molar-refractivity contribution is 0.0496. The standard InChI is InChI=1S/C19H33NO3Si/c1-18(2,3)22-17(21)20-14-16(15-12-10-9-11-13-15)23-24(7,8)19(4,5)6/h9-13,16H,14H2,1-8H3,(H,20,21). The zero-order chi connectivity index (χ0) is 18.6. The third-order valence-corrected chi connectivity index (χ3v) is 8.73. The summed E-state index contributed by atoms with van der Waals surface area (Å²) in [6.07, 6.45) is -0.595. The molecule has 0 bridgehead atoms. The van der Waals surface area contributed by atoms with E-state index in [4.69, 9.17) is 9.16 Å². The zero-order valence-electron chi connectivity index (χ0n) is 16.4. The molecule has 136 valence electrons. The van der Waals surface area contributed by atoms with Gasteiger partial charge in [-0.2, -0.15) is 0 Å². The molecule has 0 radical (unpaired) electrons. The molecule has 0 saturated carbocycles. The highest BCUT2D eigenvalue weighted by atomic mass is 28.4. The molecule has 0 aliphatic heterocycles. The fourth-order valence-corrected chi connectivity index (χ4v) is 3.20. The molecule has 0 aliphatic carbocycles. The highest BCUT2D eigenvalue weighted by molar-refractivity contribution is 6.74. The van der Waals surface area contributed by atoms with Gasteiger partial charge in [0.05, 0.1) is 12.6 Å². The maximum absolute atomic E-state index is 12.0. The van der Waals surface area contributed by atoms with Crippen LogP contribution < -0.4 is 5.32 Å². The molecule has 1 amide bonds. The lowest BCUT2D eigenvalue weighted by Gasteiger charge is -2.39. The molecule has 0 fully saturated rings. The van der Waals surface area contributed by atoms with Crippen molar-refractivity contribution in [3.8, 4) is 0 Å². The van der Waals surface area contributed by atoms with Gasteiger partial charge in [0.15, 0.2) is 8.32 Å². The van der Waals surface area contributed by atoms with Crippen LogP contribution in [0.1, 0.15) is 53.2 Å². The first kappa shape index (κ1) is 20.7. The summed E-state index contributed by atoms with van der Waals surface area (Å²) in [6, 6.07) is 10.0. The van der Waals surface area contributed by atoms with Crippen LogP contribution in [-0.4, -0.2) is 26.6 Å². The Morgan fingerprint density at radius 3 is 2.08 bits per heavy atom. The number of benzene rings is 1. The average molecular weight is 352 g/mol. The fourth-order valence-electron chi connectivity index (χ4n) is 1.92. The summed E-state index contributed by atoms with van der Waals surface area (Å²) >= 11 is 0. The van der Waals surface area contributed by atoms with Crippen LogP contribution in [0.3, 0.4) is 0 Å². The number of rotatable bonds is 5. The quantitative estimate of drug-likeness (QED) is 0.735. The van der Waals surface area contributed by atoms with E-state index >= 15 is 0 Å². The molecule has 24 heavy (non-hydrogen) atoms. The predicted molar refractivity (Wildman–Crippen MR) is 102 cm³/mol. The third-order valence-electron chi connectivity index (χ3n) is 4.25. The Hall–Kier alpha value is -1.33. The number of amides is 1. The van der Waals surface area contributed by atoms with E-state index in [1.807, 2.05) is 51.1 Å². The van der Waals surface area contributed by atoms with Crippen LogP contribution in [0, 0.1) is 0 Å². The maximum atomic E-state index is 12.0. The van der Waals surface area contributed by atoms with Crippen molar-refractivity contribution in [2.24, 2.45) is 0 Å². The summed E-state index contributed by atoms with van der Waals surface area (Å²) in [5.74, 6) is 0. The van der Waals surface area contributed by atoms with Crippen LogP contribution >= 0.6 is 0 Å². The van der Waals surface area contributed by atoms with Gasteiger partial charge in [0.25, 0.3) is 0 Å². The minimum Gasteiger partial charge on any atom is -0.444 e. The number of hydrogen-bond acceptors (Lipinski definition) is 3. The van der Waals surface area contributed by atoms with Gasteiger partial charge in [-0.25, -0.2) is 4.79 Å². The molecule has 1 rings (SSSR count). The van der Waals surface area contributed by atoms with Gasteiger partial charge in [-0.3, -0.25) is 0 Å². The van der Waals surface area contributed by atoms with E-state index in [2.05, 4.69) is 39.2 Å². The summed E-state index contributed by atoms with van der Waals surface area (Å²) < 4.78 is 11.9. The van der Waals surface area contributed by atoms with Crippen LogP contribution in [-0.2, 0) is 9.16 Å². The average Bonchev–Trinajstić information content (AvgIpc) is 2.41. The second-order valence-electron chi connectivity index (χ2n) is 8.66. The summed E-state index contributed by atoms with van der Waals surface area (Å²) in [4.78, 5) is 12.0. The van der Waals surface area contributed by atoms with Crippen LogP contribution in [0.15, 0.2) is 30.3 Å². The molecule has 0 heterocycles. The van der Waals surface area contributed by atoms with Crippen molar-refractivity contribution in [3.05, 3.63) is 35.9 Å². The first-order valence-electron chi connectivity index (χ1n) is 8.51. The fraction of sp³-hybridized carbons (Fsp3) is 0.632. The Kier molecular flexibility index (Phi) is 6.65. The third kappa shape index (κ3) is 6.65. The molecule has 0 spiro atoms. The first-order valence-corrected chi connectivity index (χ1v) is 11.4. The molecule has 4 nitrogen and oxygen atoms in total. The van der Waals surface area contributed by atoms with Crippen molar-refractivity contribution < 1.29 is 14.0 Å². The van der Waals surface area contributed by atoms with E-state index in [1.54, 1.807) is 0 Å². The first-order chi connectivity index (χ1) is 10.8. The monoisotopic (exact) mass is 351 g/mol. The summed E-state index contributed by atoms with van der Waals surface area (Å²) in [6.45, 7) is 17.0. The van der Waals surface area contributed by atoms with E-state index < -0.39 is 20.0 Å². The predicted octanol–water partition coefficient (Wildman–Crippen LogP) is 5.27. The minimum atomic E-state index is -1.96. The molecule has 1 atom stereocenters. The van der Waals surface area contributed by atoms with Gasteiger partial charge in [-0.1, -0.05) is 51.1 Å². The molecule has 5 heteroatoms. The number of carbonyl (C=O) groups excluding carboxylic acids is 1.